The van der Waals surface area contributed by atoms with E-state index in [0.29, 0.717) is 5.92 Å². The summed E-state index contributed by atoms with van der Waals surface area (Å²) in [6.45, 7) is 7.48. The first-order chi connectivity index (χ1) is 13.6. The summed E-state index contributed by atoms with van der Waals surface area (Å²) in [5.41, 5.74) is 2.43. The van der Waals surface area contributed by atoms with Gasteiger partial charge in [0.15, 0.2) is 0 Å². The summed E-state index contributed by atoms with van der Waals surface area (Å²) in [5, 5.41) is 3.84. The molecule has 1 N–H and O–H groups in total. The molecular weight excluding hydrogens is 376 g/mol. The van der Waals surface area contributed by atoms with Gasteiger partial charge in [0.05, 0.1) is 6.20 Å². The van der Waals surface area contributed by atoms with Crippen LogP contribution < -0.4 is 10.2 Å². The first-order valence-electron chi connectivity index (χ1n) is 10.0. The lowest BCUT2D eigenvalue weighted by Gasteiger charge is -2.40. The number of nitrogens with one attached hydrogen (secondary N) is 1. The summed E-state index contributed by atoms with van der Waals surface area (Å²) in [6.07, 6.45) is 6.21. The van der Waals surface area contributed by atoms with E-state index in [9.17, 15) is 4.79 Å². The molecule has 1 aromatic heterocycles. The summed E-state index contributed by atoms with van der Waals surface area (Å²) < 4.78 is 5.03. The number of rotatable bonds is 6. The molecule has 28 heavy (non-hydrogen) atoms. The predicted octanol–water partition coefficient (Wildman–Crippen LogP) is 3.36. The van der Waals surface area contributed by atoms with E-state index in [1.807, 2.05) is 12.1 Å². The van der Waals surface area contributed by atoms with Gasteiger partial charge >= 0.3 is 5.91 Å². The normalized spacial score (nSPS) is 22.7. The van der Waals surface area contributed by atoms with E-state index in [1.54, 1.807) is 0 Å². The third-order valence-electron chi connectivity index (χ3n) is 6.00. The molecule has 0 bridgehead atoms. The molecule has 2 aliphatic rings. The number of hydrogen-bond donors (Lipinski definition) is 1. The number of aromatic nitrogens is 1. The summed E-state index contributed by atoms with van der Waals surface area (Å²) >= 11 is 6.27. The number of halogens is 1. The van der Waals surface area contributed by atoms with Gasteiger partial charge in [0, 0.05) is 42.9 Å². The van der Waals surface area contributed by atoms with E-state index in [2.05, 4.69) is 33.1 Å². The Kier molecular flexibility index (Phi) is 5.87. The molecule has 7 heteroatoms. The number of piperazine rings is 1. The number of amides is 1. The SMILES string of the molecule is Cc1c(Cl)cccc1N1CCN(CCC2CC(NC(=O)c3ncco3)C2)CC1. The van der Waals surface area contributed by atoms with Gasteiger partial charge in [0.1, 0.15) is 6.26 Å². The van der Waals surface area contributed by atoms with Gasteiger partial charge in [-0.3, -0.25) is 9.69 Å². The van der Waals surface area contributed by atoms with Gasteiger partial charge in [-0.1, -0.05) is 17.7 Å². The van der Waals surface area contributed by atoms with Crippen LogP contribution in [0, 0.1) is 12.8 Å². The molecule has 2 aromatic rings. The van der Waals surface area contributed by atoms with Crippen LogP contribution in [0.4, 0.5) is 5.69 Å². The van der Waals surface area contributed by atoms with E-state index >= 15 is 0 Å². The van der Waals surface area contributed by atoms with E-state index in [1.165, 1.54) is 30.1 Å². The molecule has 1 amide bonds. The van der Waals surface area contributed by atoms with Crippen LogP contribution in [0.15, 0.2) is 35.1 Å². The van der Waals surface area contributed by atoms with Crippen molar-refractivity contribution in [1.29, 1.82) is 0 Å². The topological polar surface area (TPSA) is 61.6 Å². The van der Waals surface area contributed by atoms with Gasteiger partial charge in [-0.05, 0) is 56.3 Å². The molecule has 6 nitrogen and oxygen atoms in total. The van der Waals surface area contributed by atoms with Crippen molar-refractivity contribution >= 4 is 23.2 Å². The molecule has 1 aliphatic carbocycles. The van der Waals surface area contributed by atoms with Crippen molar-refractivity contribution in [2.75, 3.05) is 37.6 Å². The lowest BCUT2D eigenvalue weighted by Crippen LogP contribution is -2.48. The number of anilines is 1. The zero-order valence-corrected chi connectivity index (χ0v) is 17.0. The minimum absolute atomic E-state index is 0.149. The predicted molar refractivity (Wildman–Crippen MR) is 110 cm³/mol. The Morgan fingerprint density at radius 1 is 1.29 bits per heavy atom. The molecule has 0 unspecified atom stereocenters. The fraction of sp³-hybridized carbons (Fsp3) is 0.524. The van der Waals surface area contributed by atoms with Gasteiger partial charge in [-0.2, -0.15) is 0 Å². The fourth-order valence-electron chi connectivity index (χ4n) is 4.19. The molecule has 1 aromatic carbocycles. The highest BCUT2D eigenvalue weighted by atomic mass is 35.5. The van der Waals surface area contributed by atoms with Gasteiger partial charge in [0.2, 0.25) is 0 Å². The Labute approximate surface area is 170 Å². The maximum atomic E-state index is 11.9. The standard InChI is InChI=1S/C21H27ClN4O2/c1-15-18(22)3-2-4-19(15)26-10-8-25(9-11-26)7-5-16-13-17(14-16)24-20(27)21-23-6-12-28-21/h2-4,6,12,16-17H,5,7-11,13-14H2,1H3,(H,24,27). The molecule has 1 saturated carbocycles. The van der Waals surface area contributed by atoms with Crippen LogP contribution >= 0.6 is 11.6 Å². The minimum atomic E-state index is -0.208. The molecule has 0 radical (unpaired) electrons. The van der Waals surface area contributed by atoms with Crippen LogP contribution in [-0.2, 0) is 0 Å². The highest BCUT2D eigenvalue weighted by Crippen LogP contribution is 2.31. The largest absolute Gasteiger partial charge is 0.441 e. The smallest absolute Gasteiger partial charge is 0.307 e. The average Bonchev–Trinajstić information content (AvgIpc) is 3.21. The van der Waals surface area contributed by atoms with Crippen molar-refractivity contribution in [2.24, 2.45) is 5.92 Å². The van der Waals surface area contributed by atoms with Crippen LogP contribution in [0.1, 0.15) is 35.5 Å². The van der Waals surface area contributed by atoms with Crippen LogP contribution in [0.5, 0.6) is 0 Å². The highest BCUT2D eigenvalue weighted by molar-refractivity contribution is 6.31. The monoisotopic (exact) mass is 402 g/mol. The van der Waals surface area contributed by atoms with Crippen molar-refractivity contribution in [2.45, 2.75) is 32.2 Å². The Hall–Kier alpha value is -2.05. The van der Waals surface area contributed by atoms with Crippen LogP contribution in [0.2, 0.25) is 5.02 Å². The number of benzene rings is 1. The third kappa shape index (κ3) is 4.33. The second kappa shape index (κ2) is 8.53. The zero-order valence-electron chi connectivity index (χ0n) is 16.2. The van der Waals surface area contributed by atoms with Gasteiger partial charge in [-0.15, -0.1) is 0 Å². The van der Waals surface area contributed by atoms with E-state index < -0.39 is 0 Å². The summed E-state index contributed by atoms with van der Waals surface area (Å²) in [7, 11) is 0. The maximum Gasteiger partial charge on any atom is 0.307 e. The first-order valence-corrected chi connectivity index (χ1v) is 10.4. The lowest BCUT2D eigenvalue weighted by molar-refractivity contribution is 0.0842. The molecule has 0 spiro atoms. The summed E-state index contributed by atoms with van der Waals surface area (Å²) in [6, 6.07) is 6.41. The molecule has 1 aliphatic heterocycles. The fourth-order valence-corrected chi connectivity index (χ4v) is 4.36. The van der Waals surface area contributed by atoms with Crippen LogP contribution in [0.25, 0.3) is 0 Å². The van der Waals surface area contributed by atoms with Gasteiger partial charge < -0.3 is 14.6 Å². The molecular formula is C21H27ClN4O2. The van der Waals surface area contributed by atoms with Crippen molar-refractivity contribution in [3.8, 4) is 0 Å². The molecule has 4 rings (SSSR count). The molecule has 150 valence electrons. The molecule has 1 saturated heterocycles. The van der Waals surface area contributed by atoms with E-state index in [4.69, 9.17) is 16.0 Å². The molecule has 0 atom stereocenters. The average molecular weight is 403 g/mol. The van der Waals surface area contributed by atoms with Crippen molar-refractivity contribution in [3.63, 3.8) is 0 Å². The Morgan fingerprint density at radius 2 is 2.07 bits per heavy atom. The lowest BCUT2D eigenvalue weighted by atomic mass is 9.78. The number of nitrogens with zero attached hydrogens (tertiary/aromatic N) is 3. The quantitative estimate of drug-likeness (QED) is 0.802. The molecule has 2 heterocycles. The Morgan fingerprint density at radius 3 is 2.79 bits per heavy atom. The second-order valence-corrected chi connectivity index (χ2v) is 8.25. The van der Waals surface area contributed by atoms with Gasteiger partial charge in [0.25, 0.3) is 5.89 Å². The number of carbonyl (C=O) groups excluding carboxylic acids is 1. The van der Waals surface area contributed by atoms with Gasteiger partial charge in [-0.25, -0.2) is 4.98 Å². The number of oxazole rings is 1. The van der Waals surface area contributed by atoms with Crippen molar-refractivity contribution in [1.82, 2.24) is 15.2 Å². The second-order valence-electron chi connectivity index (χ2n) is 7.85. The minimum Gasteiger partial charge on any atom is -0.441 e. The number of hydrogen-bond acceptors (Lipinski definition) is 5. The summed E-state index contributed by atoms with van der Waals surface area (Å²) in [4.78, 5) is 20.8. The van der Waals surface area contributed by atoms with E-state index in [-0.39, 0.29) is 17.8 Å². The zero-order chi connectivity index (χ0) is 19.5. The van der Waals surface area contributed by atoms with Crippen LogP contribution in [-0.4, -0.2) is 54.6 Å². The van der Waals surface area contributed by atoms with Crippen molar-refractivity contribution < 1.29 is 9.21 Å². The van der Waals surface area contributed by atoms with E-state index in [0.717, 1.165) is 50.6 Å². The Balaban J connectivity index is 1.15. The Bertz CT molecular complexity index is 797. The molecule has 2 fully saturated rings. The highest BCUT2D eigenvalue weighted by Gasteiger charge is 2.31. The first kappa shape index (κ1) is 19.3. The summed E-state index contributed by atoms with van der Waals surface area (Å²) in [5.74, 6) is 0.639. The van der Waals surface area contributed by atoms with Crippen molar-refractivity contribution in [3.05, 3.63) is 47.1 Å². The third-order valence-corrected chi connectivity index (χ3v) is 6.41. The number of carbonyl (C=O) groups is 1. The van der Waals surface area contributed by atoms with Crippen LogP contribution in [0.3, 0.4) is 0 Å². The maximum absolute atomic E-state index is 11.9.